The maximum absolute atomic E-state index is 11.1. The van der Waals surface area contributed by atoms with Gasteiger partial charge in [-0.3, -0.25) is 0 Å². The van der Waals surface area contributed by atoms with Crippen molar-refractivity contribution in [3.05, 3.63) is 41.0 Å². The lowest BCUT2D eigenvalue weighted by molar-refractivity contribution is -0.134. The lowest BCUT2D eigenvalue weighted by Crippen LogP contribution is -1.96. The van der Waals surface area contributed by atoms with Crippen LogP contribution in [0.2, 0.25) is 0 Å². The van der Waals surface area contributed by atoms with Crippen LogP contribution in [0.15, 0.2) is 24.3 Å². The number of carbonyl (C=O) groups excluding carboxylic acids is 1. The first-order valence-electron chi connectivity index (χ1n) is 4.88. The van der Waals surface area contributed by atoms with Gasteiger partial charge in [0.1, 0.15) is 0 Å². The predicted molar refractivity (Wildman–Crippen MR) is 61.6 cm³/mol. The van der Waals surface area contributed by atoms with E-state index < -0.39 is 0 Å². The SMILES string of the molecule is COC(=O)/C=C(/C)c1cc(C)ccc1C. The Labute approximate surface area is 90.6 Å². The molecule has 0 aromatic heterocycles. The summed E-state index contributed by atoms with van der Waals surface area (Å²) in [7, 11) is 1.38. The van der Waals surface area contributed by atoms with Gasteiger partial charge in [0.2, 0.25) is 0 Å². The zero-order valence-corrected chi connectivity index (χ0v) is 9.63. The van der Waals surface area contributed by atoms with Gasteiger partial charge in [0.25, 0.3) is 0 Å². The van der Waals surface area contributed by atoms with Crippen LogP contribution in [0.4, 0.5) is 0 Å². The highest BCUT2D eigenvalue weighted by Gasteiger charge is 2.03. The zero-order chi connectivity index (χ0) is 11.4. The van der Waals surface area contributed by atoms with Gasteiger partial charge in [-0.05, 0) is 37.5 Å². The van der Waals surface area contributed by atoms with Crippen molar-refractivity contribution in [3.63, 3.8) is 0 Å². The van der Waals surface area contributed by atoms with Crippen LogP contribution in [0, 0.1) is 13.8 Å². The molecule has 1 rings (SSSR count). The van der Waals surface area contributed by atoms with Crippen molar-refractivity contribution >= 4 is 11.5 Å². The topological polar surface area (TPSA) is 26.3 Å². The van der Waals surface area contributed by atoms with Crippen LogP contribution in [0.5, 0.6) is 0 Å². The van der Waals surface area contributed by atoms with E-state index in [1.807, 2.05) is 20.8 Å². The van der Waals surface area contributed by atoms with E-state index >= 15 is 0 Å². The number of hydrogen-bond donors (Lipinski definition) is 0. The highest BCUT2D eigenvalue weighted by atomic mass is 16.5. The van der Waals surface area contributed by atoms with Crippen LogP contribution >= 0.6 is 0 Å². The van der Waals surface area contributed by atoms with Crippen molar-refractivity contribution < 1.29 is 9.53 Å². The molecule has 0 saturated carbocycles. The Kier molecular flexibility index (Phi) is 3.67. The van der Waals surface area contributed by atoms with E-state index in [1.165, 1.54) is 24.3 Å². The zero-order valence-electron chi connectivity index (χ0n) is 9.63. The Morgan fingerprint density at radius 1 is 1.33 bits per heavy atom. The van der Waals surface area contributed by atoms with Gasteiger partial charge in [-0.1, -0.05) is 23.8 Å². The Balaban J connectivity index is 3.10. The van der Waals surface area contributed by atoms with Crippen molar-refractivity contribution in [1.82, 2.24) is 0 Å². The quantitative estimate of drug-likeness (QED) is 0.547. The molecule has 0 spiro atoms. The van der Waals surface area contributed by atoms with Crippen molar-refractivity contribution in [2.24, 2.45) is 0 Å². The highest BCUT2D eigenvalue weighted by Crippen LogP contribution is 2.19. The largest absolute Gasteiger partial charge is 0.466 e. The molecule has 0 fully saturated rings. The Morgan fingerprint density at radius 3 is 2.60 bits per heavy atom. The third-order valence-electron chi connectivity index (χ3n) is 2.35. The molecule has 0 aliphatic carbocycles. The number of methoxy groups -OCH3 is 1. The molecular formula is C13H16O2. The van der Waals surface area contributed by atoms with Gasteiger partial charge >= 0.3 is 5.97 Å². The number of aryl methyl sites for hydroxylation is 2. The summed E-state index contributed by atoms with van der Waals surface area (Å²) in [5.74, 6) is -0.312. The summed E-state index contributed by atoms with van der Waals surface area (Å²) >= 11 is 0. The lowest BCUT2D eigenvalue weighted by Gasteiger charge is -2.07. The Bertz CT molecular complexity index is 403. The first-order chi connectivity index (χ1) is 7.04. The fourth-order valence-electron chi connectivity index (χ4n) is 1.47. The number of carbonyl (C=O) groups is 1. The van der Waals surface area contributed by atoms with Crippen molar-refractivity contribution in [2.45, 2.75) is 20.8 Å². The van der Waals surface area contributed by atoms with Gasteiger partial charge < -0.3 is 4.74 Å². The molecule has 0 aliphatic rings. The summed E-state index contributed by atoms with van der Waals surface area (Å²) in [4.78, 5) is 11.1. The molecule has 0 atom stereocenters. The standard InChI is InChI=1S/C13H16O2/c1-9-5-6-10(2)12(7-9)11(3)8-13(14)15-4/h5-8H,1-4H3/b11-8-. The average Bonchev–Trinajstić information content (AvgIpc) is 2.21. The Hall–Kier alpha value is -1.57. The molecule has 0 amide bonds. The summed E-state index contributed by atoms with van der Waals surface area (Å²) in [6.45, 7) is 5.98. The van der Waals surface area contributed by atoms with E-state index in [9.17, 15) is 4.79 Å². The van der Waals surface area contributed by atoms with Gasteiger partial charge in [-0.25, -0.2) is 4.79 Å². The molecule has 2 heteroatoms. The number of hydrogen-bond acceptors (Lipinski definition) is 2. The minimum absolute atomic E-state index is 0.312. The van der Waals surface area contributed by atoms with E-state index in [4.69, 9.17) is 0 Å². The number of benzene rings is 1. The molecule has 0 heterocycles. The molecule has 0 saturated heterocycles. The van der Waals surface area contributed by atoms with Crippen LogP contribution < -0.4 is 0 Å². The molecule has 0 bridgehead atoms. The first-order valence-corrected chi connectivity index (χ1v) is 4.88. The molecule has 1 aromatic carbocycles. The number of rotatable bonds is 2. The maximum Gasteiger partial charge on any atom is 0.330 e. The first kappa shape index (κ1) is 11.5. The van der Waals surface area contributed by atoms with Gasteiger partial charge in [0.15, 0.2) is 0 Å². The summed E-state index contributed by atoms with van der Waals surface area (Å²) in [5.41, 5.74) is 4.38. The van der Waals surface area contributed by atoms with Gasteiger partial charge in [-0.2, -0.15) is 0 Å². The summed E-state index contributed by atoms with van der Waals surface area (Å²) in [6.07, 6.45) is 1.52. The summed E-state index contributed by atoms with van der Waals surface area (Å²) < 4.78 is 4.60. The molecule has 0 unspecified atom stereocenters. The third kappa shape index (κ3) is 2.94. The predicted octanol–water partition coefficient (Wildman–Crippen LogP) is 2.88. The van der Waals surface area contributed by atoms with Gasteiger partial charge in [-0.15, -0.1) is 0 Å². The molecule has 2 nitrogen and oxygen atoms in total. The molecule has 80 valence electrons. The normalized spacial score (nSPS) is 11.3. The molecular weight excluding hydrogens is 188 g/mol. The fraction of sp³-hybridized carbons (Fsp3) is 0.308. The van der Waals surface area contributed by atoms with Crippen molar-refractivity contribution in [3.8, 4) is 0 Å². The van der Waals surface area contributed by atoms with E-state index in [0.717, 1.165) is 11.1 Å². The monoisotopic (exact) mass is 204 g/mol. The van der Waals surface area contributed by atoms with Crippen LogP contribution in [0.3, 0.4) is 0 Å². The fourth-order valence-corrected chi connectivity index (χ4v) is 1.47. The van der Waals surface area contributed by atoms with Gasteiger partial charge in [0.05, 0.1) is 7.11 Å². The van der Waals surface area contributed by atoms with E-state index in [-0.39, 0.29) is 5.97 Å². The van der Waals surface area contributed by atoms with Crippen molar-refractivity contribution in [2.75, 3.05) is 7.11 Å². The molecule has 1 aromatic rings. The van der Waals surface area contributed by atoms with Crippen molar-refractivity contribution in [1.29, 1.82) is 0 Å². The summed E-state index contributed by atoms with van der Waals surface area (Å²) in [5, 5.41) is 0. The lowest BCUT2D eigenvalue weighted by atomic mass is 9.99. The van der Waals surface area contributed by atoms with Gasteiger partial charge in [0, 0.05) is 6.08 Å². The Morgan fingerprint density at radius 2 is 2.00 bits per heavy atom. The van der Waals surface area contributed by atoms with Crippen LogP contribution in [0.1, 0.15) is 23.6 Å². The van der Waals surface area contributed by atoms with Crippen LogP contribution in [-0.4, -0.2) is 13.1 Å². The third-order valence-corrected chi connectivity index (χ3v) is 2.35. The number of ether oxygens (including phenoxy) is 1. The summed E-state index contributed by atoms with van der Waals surface area (Å²) in [6, 6.07) is 6.19. The minimum atomic E-state index is -0.312. The average molecular weight is 204 g/mol. The molecule has 15 heavy (non-hydrogen) atoms. The smallest absolute Gasteiger partial charge is 0.330 e. The second kappa shape index (κ2) is 4.78. The minimum Gasteiger partial charge on any atom is -0.466 e. The molecule has 0 radical (unpaired) electrons. The van der Waals surface area contributed by atoms with Crippen LogP contribution in [-0.2, 0) is 9.53 Å². The molecule has 0 aliphatic heterocycles. The number of allylic oxidation sites excluding steroid dienone is 1. The second-order valence-corrected chi connectivity index (χ2v) is 3.67. The molecule has 0 N–H and O–H groups in total. The van der Waals surface area contributed by atoms with E-state index in [1.54, 1.807) is 0 Å². The van der Waals surface area contributed by atoms with Crippen LogP contribution in [0.25, 0.3) is 5.57 Å². The van der Waals surface area contributed by atoms with E-state index in [0.29, 0.717) is 0 Å². The maximum atomic E-state index is 11.1. The number of esters is 1. The highest BCUT2D eigenvalue weighted by molar-refractivity contribution is 5.91. The van der Waals surface area contributed by atoms with E-state index in [2.05, 4.69) is 22.9 Å². The second-order valence-electron chi connectivity index (χ2n) is 3.67.